The van der Waals surface area contributed by atoms with Gasteiger partial charge in [0.05, 0.1) is 0 Å². The Kier molecular flexibility index (Phi) is 6.26. The number of amides is 1. The lowest BCUT2D eigenvalue weighted by atomic mass is 9.98. The van der Waals surface area contributed by atoms with Crippen molar-refractivity contribution in [1.29, 1.82) is 0 Å². The Morgan fingerprint density at radius 1 is 1.35 bits per heavy atom. The number of nitrogens with two attached hydrogens (primary N) is 1. The van der Waals surface area contributed by atoms with Gasteiger partial charge in [0.1, 0.15) is 10.7 Å². The van der Waals surface area contributed by atoms with Crippen LogP contribution in [0.2, 0.25) is 0 Å². The third-order valence-corrected chi connectivity index (χ3v) is 4.74. The summed E-state index contributed by atoms with van der Waals surface area (Å²) in [6.07, 6.45) is 0. The third-order valence-electron chi connectivity index (χ3n) is 3.60. The fraction of sp³-hybridized carbons (Fsp3) is 0.714. The second-order valence-electron chi connectivity index (χ2n) is 5.31. The minimum absolute atomic E-state index is 0.120. The van der Waals surface area contributed by atoms with Crippen molar-refractivity contribution in [3.8, 4) is 0 Å². The molecule has 20 heavy (non-hydrogen) atoms. The molecule has 0 aliphatic rings. The van der Waals surface area contributed by atoms with Gasteiger partial charge in [-0.15, -0.1) is 0 Å². The van der Waals surface area contributed by atoms with Crippen molar-refractivity contribution < 1.29 is 4.79 Å². The summed E-state index contributed by atoms with van der Waals surface area (Å²) in [5.74, 6) is 1.19. The van der Waals surface area contributed by atoms with E-state index >= 15 is 0 Å². The fourth-order valence-electron chi connectivity index (χ4n) is 1.68. The van der Waals surface area contributed by atoms with Crippen molar-refractivity contribution in [1.82, 2.24) is 10.3 Å². The van der Waals surface area contributed by atoms with Gasteiger partial charge in [0.15, 0.2) is 5.13 Å². The Morgan fingerprint density at radius 3 is 2.45 bits per heavy atom. The number of nitrogen functional groups attached to an aromatic ring is 1. The number of carbonyl (C=O) groups is 1. The average Bonchev–Trinajstić information content (AvgIpc) is 2.79. The molecular formula is C14H26N4OS. The number of aromatic nitrogens is 1. The van der Waals surface area contributed by atoms with Crippen LogP contribution >= 0.6 is 11.3 Å². The molecule has 0 bridgehead atoms. The highest BCUT2D eigenvalue weighted by atomic mass is 32.1. The first-order valence-corrected chi connectivity index (χ1v) is 8.01. The quantitative estimate of drug-likeness (QED) is 0.811. The molecule has 1 rings (SSSR count). The highest BCUT2D eigenvalue weighted by molar-refractivity contribution is 7.18. The van der Waals surface area contributed by atoms with E-state index in [0.29, 0.717) is 29.1 Å². The van der Waals surface area contributed by atoms with Crippen LogP contribution in [-0.4, -0.2) is 30.5 Å². The van der Waals surface area contributed by atoms with E-state index < -0.39 is 0 Å². The van der Waals surface area contributed by atoms with Gasteiger partial charge >= 0.3 is 0 Å². The zero-order valence-corrected chi connectivity index (χ0v) is 13.9. The van der Waals surface area contributed by atoms with Gasteiger partial charge in [-0.2, -0.15) is 0 Å². The highest BCUT2D eigenvalue weighted by Crippen LogP contribution is 2.27. The van der Waals surface area contributed by atoms with Gasteiger partial charge in [-0.25, -0.2) is 4.98 Å². The molecule has 1 amide bonds. The van der Waals surface area contributed by atoms with Crippen LogP contribution in [0, 0.1) is 11.8 Å². The molecule has 5 nitrogen and oxygen atoms in total. The van der Waals surface area contributed by atoms with Crippen LogP contribution in [0.4, 0.5) is 10.9 Å². The first kappa shape index (κ1) is 16.8. The summed E-state index contributed by atoms with van der Waals surface area (Å²) in [5.41, 5.74) is 5.87. The highest BCUT2D eigenvalue weighted by Gasteiger charge is 2.19. The summed E-state index contributed by atoms with van der Waals surface area (Å²) in [5, 5.41) is 3.76. The van der Waals surface area contributed by atoms with Crippen molar-refractivity contribution in [3.05, 3.63) is 4.88 Å². The number of carbonyl (C=O) groups excluding carboxylic acids is 1. The largest absolute Gasteiger partial charge is 0.382 e. The number of rotatable bonds is 7. The van der Waals surface area contributed by atoms with Gasteiger partial charge in [-0.05, 0) is 25.7 Å². The lowest BCUT2D eigenvalue weighted by molar-refractivity contribution is 0.0949. The van der Waals surface area contributed by atoms with E-state index in [1.165, 1.54) is 11.3 Å². The summed E-state index contributed by atoms with van der Waals surface area (Å²) in [4.78, 5) is 19.1. The Morgan fingerprint density at radius 2 is 1.95 bits per heavy atom. The molecule has 1 aromatic rings. The Bertz CT molecular complexity index is 440. The van der Waals surface area contributed by atoms with Crippen LogP contribution in [0.15, 0.2) is 0 Å². The van der Waals surface area contributed by atoms with Gasteiger partial charge < -0.3 is 16.0 Å². The molecule has 114 valence electrons. The predicted molar refractivity (Wildman–Crippen MR) is 86.4 cm³/mol. The van der Waals surface area contributed by atoms with Crippen LogP contribution < -0.4 is 16.0 Å². The average molecular weight is 298 g/mol. The number of hydrogen-bond acceptors (Lipinski definition) is 5. The van der Waals surface area contributed by atoms with E-state index in [2.05, 4.69) is 49.8 Å². The standard InChI is InChI=1S/C14H26N4OS/c1-6-18(7-2)14-17-12(15)11(20-14)13(19)16-8-10(5)9(3)4/h9-10H,6-8,15H2,1-5H3,(H,16,19). The number of nitrogens with one attached hydrogen (secondary N) is 1. The lowest BCUT2D eigenvalue weighted by Crippen LogP contribution is -2.30. The molecule has 1 atom stereocenters. The number of hydrogen-bond donors (Lipinski definition) is 2. The number of thiazole rings is 1. The number of nitrogens with zero attached hydrogens (tertiary/aromatic N) is 2. The molecule has 0 aliphatic heterocycles. The molecule has 1 heterocycles. The predicted octanol–water partition coefficient (Wildman–Crippen LogP) is 2.59. The van der Waals surface area contributed by atoms with E-state index in [9.17, 15) is 4.79 Å². The SMILES string of the molecule is CCN(CC)c1nc(N)c(C(=O)NCC(C)C(C)C)s1. The summed E-state index contributed by atoms with van der Waals surface area (Å²) in [7, 11) is 0. The normalized spacial score (nSPS) is 12.5. The molecule has 6 heteroatoms. The molecule has 0 aliphatic carbocycles. The van der Waals surface area contributed by atoms with Crippen LogP contribution in [0.25, 0.3) is 0 Å². The second-order valence-corrected chi connectivity index (χ2v) is 6.29. The molecular weight excluding hydrogens is 272 g/mol. The van der Waals surface area contributed by atoms with Crippen LogP contribution in [0.5, 0.6) is 0 Å². The molecule has 0 spiro atoms. The van der Waals surface area contributed by atoms with Gasteiger partial charge in [0, 0.05) is 19.6 Å². The minimum atomic E-state index is -0.120. The summed E-state index contributed by atoms with van der Waals surface area (Å²) < 4.78 is 0. The first-order chi connectivity index (χ1) is 9.40. The molecule has 1 aromatic heterocycles. The monoisotopic (exact) mass is 298 g/mol. The Balaban J connectivity index is 2.74. The van der Waals surface area contributed by atoms with E-state index in [0.717, 1.165) is 18.2 Å². The maximum Gasteiger partial charge on any atom is 0.265 e. The molecule has 1 unspecified atom stereocenters. The van der Waals surface area contributed by atoms with Crippen molar-refractivity contribution in [2.45, 2.75) is 34.6 Å². The van der Waals surface area contributed by atoms with Gasteiger partial charge in [0.25, 0.3) is 5.91 Å². The molecule has 0 aromatic carbocycles. The first-order valence-electron chi connectivity index (χ1n) is 7.20. The summed E-state index contributed by atoms with van der Waals surface area (Å²) >= 11 is 1.36. The summed E-state index contributed by atoms with van der Waals surface area (Å²) in [6, 6.07) is 0. The van der Waals surface area contributed by atoms with Gasteiger partial charge in [-0.1, -0.05) is 32.1 Å². The van der Waals surface area contributed by atoms with E-state index in [-0.39, 0.29) is 5.91 Å². The maximum atomic E-state index is 12.2. The third kappa shape index (κ3) is 4.10. The van der Waals surface area contributed by atoms with E-state index in [4.69, 9.17) is 5.73 Å². The van der Waals surface area contributed by atoms with Gasteiger partial charge in [-0.3, -0.25) is 4.79 Å². The fourth-order valence-corrected chi connectivity index (χ4v) is 2.71. The molecule has 3 N–H and O–H groups in total. The molecule has 0 radical (unpaired) electrons. The molecule has 0 saturated heterocycles. The molecule has 0 fully saturated rings. The summed E-state index contributed by atoms with van der Waals surface area (Å²) in [6.45, 7) is 12.9. The Labute approximate surface area is 125 Å². The van der Waals surface area contributed by atoms with E-state index in [1.807, 2.05) is 0 Å². The zero-order chi connectivity index (χ0) is 15.3. The minimum Gasteiger partial charge on any atom is -0.382 e. The smallest absolute Gasteiger partial charge is 0.265 e. The van der Waals surface area contributed by atoms with E-state index in [1.54, 1.807) is 0 Å². The van der Waals surface area contributed by atoms with Crippen molar-refractivity contribution >= 4 is 28.2 Å². The second kappa shape index (κ2) is 7.47. The van der Waals surface area contributed by atoms with Crippen LogP contribution in [-0.2, 0) is 0 Å². The van der Waals surface area contributed by atoms with Crippen molar-refractivity contribution in [3.63, 3.8) is 0 Å². The van der Waals surface area contributed by atoms with Gasteiger partial charge in [0.2, 0.25) is 0 Å². The van der Waals surface area contributed by atoms with Crippen LogP contribution in [0.3, 0.4) is 0 Å². The molecule has 0 saturated carbocycles. The topological polar surface area (TPSA) is 71.2 Å². The Hall–Kier alpha value is -1.30. The zero-order valence-electron chi connectivity index (χ0n) is 13.1. The maximum absolute atomic E-state index is 12.2. The lowest BCUT2D eigenvalue weighted by Gasteiger charge is -2.16. The number of anilines is 2. The van der Waals surface area contributed by atoms with Crippen LogP contribution in [0.1, 0.15) is 44.3 Å². The van der Waals surface area contributed by atoms with Crippen molar-refractivity contribution in [2.75, 3.05) is 30.3 Å². The van der Waals surface area contributed by atoms with Crippen molar-refractivity contribution in [2.24, 2.45) is 11.8 Å².